The molecule has 2 amide bonds. The third-order valence-electron chi connectivity index (χ3n) is 5.16. The summed E-state index contributed by atoms with van der Waals surface area (Å²) in [7, 11) is -0.836. The van der Waals surface area contributed by atoms with Crippen LogP contribution in [0.15, 0.2) is 30.3 Å². The molecule has 1 saturated carbocycles. The molecule has 26 heavy (non-hydrogen) atoms. The van der Waals surface area contributed by atoms with Crippen LogP contribution in [-0.2, 0) is 21.5 Å². The average Bonchev–Trinajstić information content (AvgIpc) is 2.81. The van der Waals surface area contributed by atoms with E-state index in [-0.39, 0.29) is 24.8 Å². The number of nitrogens with zero attached hydrogens (tertiary/aromatic N) is 3. The Morgan fingerprint density at radius 1 is 1.15 bits per heavy atom. The van der Waals surface area contributed by atoms with Crippen molar-refractivity contribution >= 4 is 22.2 Å². The number of carboxylic acid groups (broad SMARTS) is 1. The summed E-state index contributed by atoms with van der Waals surface area (Å²) in [5, 5.41) is 9.53. The lowest BCUT2D eigenvalue weighted by Crippen LogP contribution is -2.47. The van der Waals surface area contributed by atoms with Gasteiger partial charge < -0.3 is 10.0 Å². The van der Waals surface area contributed by atoms with E-state index in [0.29, 0.717) is 17.1 Å². The molecule has 3 atom stereocenters. The summed E-state index contributed by atoms with van der Waals surface area (Å²) in [5.74, 6) is -0.451. The monoisotopic (exact) mass is 381 g/mol. The lowest BCUT2D eigenvalue weighted by Gasteiger charge is -2.34. The van der Waals surface area contributed by atoms with Gasteiger partial charge in [0.15, 0.2) is 0 Å². The molecular formula is C17H23N3O5S. The smallest absolute Gasteiger partial charge is 0.422 e. The van der Waals surface area contributed by atoms with Crippen LogP contribution in [0.4, 0.5) is 4.79 Å². The summed E-state index contributed by atoms with van der Waals surface area (Å²) in [4.78, 5) is 25.5. The molecule has 0 radical (unpaired) electrons. The lowest BCUT2D eigenvalue weighted by atomic mass is 9.81. The predicted octanol–water partition coefficient (Wildman–Crippen LogP) is 1.35. The molecule has 1 heterocycles. The zero-order valence-electron chi connectivity index (χ0n) is 14.8. The summed E-state index contributed by atoms with van der Waals surface area (Å²) in [6.07, 6.45) is -0.260. The molecule has 9 heteroatoms. The number of benzene rings is 1. The minimum atomic E-state index is -4.14. The first-order valence-corrected chi connectivity index (χ1v) is 9.92. The highest BCUT2D eigenvalue weighted by molar-refractivity contribution is 7.87. The molecule has 0 unspecified atom stereocenters. The van der Waals surface area contributed by atoms with Crippen LogP contribution in [0.2, 0.25) is 0 Å². The van der Waals surface area contributed by atoms with Crippen molar-refractivity contribution in [3.05, 3.63) is 35.9 Å². The van der Waals surface area contributed by atoms with Gasteiger partial charge in [0.05, 0.1) is 6.04 Å². The van der Waals surface area contributed by atoms with E-state index in [1.165, 1.54) is 9.21 Å². The van der Waals surface area contributed by atoms with Crippen LogP contribution in [0.25, 0.3) is 0 Å². The van der Waals surface area contributed by atoms with Gasteiger partial charge in [0.2, 0.25) is 5.91 Å². The molecule has 2 fully saturated rings. The Hall–Kier alpha value is -2.13. The molecule has 0 spiro atoms. The van der Waals surface area contributed by atoms with E-state index in [4.69, 9.17) is 0 Å². The molecule has 2 aliphatic rings. The minimum absolute atomic E-state index is 0.0901. The van der Waals surface area contributed by atoms with E-state index in [2.05, 4.69) is 0 Å². The van der Waals surface area contributed by atoms with Crippen LogP contribution in [-0.4, -0.2) is 65.2 Å². The van der Waals surface area contributed by atoms with Crippen molar-refractivity contribution in [3.63, 3.8) is 0 Å². The van der Waals surface area contributed by atoms with Crippen molar-refractivity contribution in [2.75, 3.05) is 14.1 Å². The van der Waals surface area contributed by atoms with Crippen molar-refractivity contribution in [1.82, 2.24) is 13.5 Å². The standard InChI is InChI=1S/C17H23N3O5S/c1-18(2)16(21)13-8-9-14-15(10-13)20(17(22)23)26(24,25)19(14)11-12-6-4-3-5-7-12/h3-7,13-15H,8-11H2,1-2H3,(H,22,23)/t13-,14-,15+/m0/s1. The summed E-state index contributed by atoms with van der Waals surface area (Å²) in [6, 6.07) is 7.93. The maximum absolute atomic E-state index is 12.9. The van der Waals surface area contributed by atoms with E-state index in [9.17, 15) is 23.1 Å². The Balaban J connectivity index is 1.92. The first-order chi connectivity index (χ1) is 12.2. The number of carbonyl (C=O) groups excluding carboxylic acids is 1. The molecule has 1 aromatic carbocycles. The van der Waals surface area contributed by atoms with E-state index in [0.717, 1.165) is 5.56 Å². The zero-order valence-corrected chi connectivity index (χ0v) is 15.6. The highest BCUT2D eigenvalue weighted by Crippen LogP contribution is 2.41. The van der Waals surface area contributed by atoms with Crippen molar-refractivity contribution in [1.29, 1.82) is 0 Å². The number of amides is 2. The third-order valence-corrected chi connectivity index (χ3v) is 7.07. The van der Waals surface area contributed by atoms with Gasteiger partial charge in [-0.25, -0.2) is 4.79 Å². The molecule has 1 aliphatic carbocycles. The molecule has 1 aliphatic heterocycles. The Labute approximate surface area is 153 Å². The first-order valence-electron chi connectivity index (χ1n) is 8.52. The molecule has 1 saturated heterocycles. The highest BCUT2D eigenvalue weighted by Gasteiger charge is 2.56. The fraction of sp³-hybridized carbons (Fsp3) is 0.529. The van der Waals surface area contributed by atoms with Gasteiger partial charge in [-0.1, -0.05) is 30.3 Å². The molecule has 0 aromatic heterocycles. The second-order valence-corrected chi connectivity index (χ2v) is 8.75. The quantitative estimate of drug-likeness (QED) is 0.852. The topological polar surface area (TPSA) is 98.2 Å². The SMILES string of the molecule is CN(C)C(=O)[C@H]1CC[C@H]2[C@@H](C1)N(C(=O)O)S(=O)(=O)N2Cc1ccccc1. The Bertz CT molecular complexity index is 796. The highest BCUT2D eigenvalue weighted by atomic mass is 32.2. The van der Waals surface area contributed by atoms with E-state index < -0.39 is 28.4 Å². The van der Waals surface area contributed by atoms with Gasteiger partial charge in [-0.15, -0.1) is 0 Å². The number of rotatable bonds is 3. The normalized spacial score (nSPS) is 27.8. The van der Waals surface area contributed by atoms with Crippen molar-refractivity contribution in [2.24, 2.45) is 5.92 Å². The fourth-order valence-corrected chi connectivity index (χ4v) is 5.86. The van der Waals surface area contributed by atoms with Gasteiger partial charge in [-0.05, 0) is 24.8 Å². The van der Waals surface area contributed by atoms with Crippen LogP contribution in [0, 0.1) is 5.92 Å². The predicted molar refractivity (Wildman–Crippen MR) is 94.4 cm³/mol. The Kier molecular flexibility index (Phi) is 4.94. The van der Waals surface area contributed by atoms with Crippen molar-refractivity contribution in [3.8, 4) is 0 Å². The molecular weight excluding hydrogens is 358 g/mol. The fourth-order valence-electron chi connectivity index (χ4n) is 3.97. The molecule has 8 nitrogen and oxygen atoms in total. The van der Waals surface area contributed by atoms with Gasteiger partial charge in [0.1, 0.15) is 0 Å². The Morgan fingerprint density at radius 2 is 1.81 bits per heavy atom. The zero-order chi connectivity index (χ0) is 19.1. The molecule has 3 rings (SSSR count). The Morgan fingerprint density at radius 3 is 2.38 bits per heavy atom. The van der Waals surface area contributed by atoms with E-state index >= 15 is 0 Å². The van der Waals surface area contributed by atoms with Gasteiger partial charge in [0.25, 0.3) is 0 Å². The minimum Gasteiger partial charge on any atom is -0.464 e. The molecule has 1 N–H and O–H groups in total. The van der Waals surface area contributed by atoms with E-state index in [1.807, 2.05) is 30.3 Å². The summed E-state index contributed by atoms with van der Waals surface area (Å²) in [6.45, 7) is 0.125. The number of hydrogen-bond acceptors (Lipinski definition) is 4. The maximum Gasteiger partial charge on any atom is 0.422 e. The number of fused-ring (bicyclic) bond motifs is 1. The van der Waals surface area contributed by atoms with Gasteiger partial charge in [0, 0.05) is 32.6 Å². The van der Waals surface area contributed by atoms with Crippen LogP contribution in [0.3, 0.4) is 0 Å². The van der Waals surface area contributed by atoms with Crippen LogP contribution in [0.5, 0.6) is 0 Å². The average molecular weight is 381 g/mol. The van der Waals surface area contributed by atoms with Gasteiger partial charge in [-0.3, -0.25) is 4.79 Å². The second kappa shape index (κ2) is 6.88. The lowest BCUT2D eigenvalue weighted by molar-refractivity contribution is -0.134. The van der Waals surface area contributed by atoms with Crippen LogP contribution >= 0.6 is 0 Å². The van der Waals surface area contributed by atoms with Gasteiger partial charge in [-0.2, -0.15) is 17.0 Å². The summed E-state index contributed by atoms with van der Waals surface area (Å²) >= 11 is 0. The molecule has 142 valence electrons. The second-order valence-electron chi connectivity index (χ2n) is 6.99. The number of carbonyl (C=O) groups is 2. The summed E-state index contributed by atoms with van der Waals surface area (Å²) in [5.41, 5.74) is 0.800. The van der Waals surface area contributed by atoms with Crippen molar-refractivity contribution in [2.45, 2.75) is 37.9 Å². The van der Waals surface area contributed by atoms with Crippen LogP contribution < -0.4 is 0 Å². The maximum atomic E-state index is 12.9. The van der Waals surface area contributed by atoms with E-state index in [1.54, 1.807) is 14.1 Å². The summed E-state index contributed by atoms with van der Waals surface area (Å²) < 4.78 is 27.6. The largest absolute Gasteiger partial charge is 0.464 e. The van der Waals surface area contributed by atoms with Gasteiger partial charge >= 0.3 is 16.3 Å². The molecule has 0 bridgehead atoms. The number of hydrogen-bond donors (Lipinski definition) is 1. The molecule has 1 aromatic rings. The third kappa shape index (κ3) is 3.16. The first kappa shape index (κ1) is 18.7. The van der Waals surface area contributed by atoms with Crippen LogP contribution in [0.1, 0.15) is 24.8 Å². The van der Waals surface area contributed by atoms with Crippen molar-refractivity contribution < 1.29 is 23.1 Å².